The maximum Gasteiger partial charge on any atom is 0.217 e. The smallest absolute Gasteiger partial charge is 0.217 e. The summed E-state index contributed by atoms with van der Waals surface area (Å²) in [5.41, 5.74) is 0. The molecule has 2 aliphatic carbocycles. The van der Waals surface area contributed by atoms with E-state index in [4.69, 9.17) is 0 Å². The van der Waals surface area contributed by atoms with Gasteiger partial charge in [0.15, 0.2) is 0 Å². The van der Waals surface area contributed by atoms with E-state index in [-0.39, 0.29) is 11.0 Å². The molecule has 0 bridgehead atoms. The van der Waals surface area contributed by atoms with E-state index in [2.05, 4.69) is 13.8 Å². The van der Waals surface area contributed by atoms with Gasteiger partial charge in [-0.15, -0.1) is 0 Å². The Labute approximate surface area is 78.7 Å². The predicted molar refractivity (Wildman–Crippen MR) is 49.9 cm³/mol. The normalized spacial score (nSPS) is 43.0. The van der Waals surface area contributed by atoms with E-state index in [1.54, 1.807) is 0 Å². The molecule has 2 fully saturated rings. The monoisotopic (exact) mass is 183 g/mol. The van der Waals surface area contributed by atoms with E-state index in [1.807, 2.05) is 0 Å². The Hall–Kier alpha value is -0.600. The van der Waals surface area contributed by atoms with E-state index in [0.29, 0.717) is 17.8 Å². The Morgan fingerprint density at radius 2 is 2.00 bits per heavy atom. The van der Waals surface area contributed by atoms with Crippen LogP contribution in [0.3, 0.4) is 0 Å². The van der Waals surface area contributed by atoms with Gasteiger partial charge in [-0.1, -0.05) is 13.8 Å². The molecule has 3 unspecified atom stereocenters. The highest BCUT2D eigenvalue weighted by Crippen LogP contribution is 2.53. The van der Waals surface area contributed by atoms with Crippen molar-refractivity contribution in [2.75, 3.05) is 0 Å². The van der Waals surface area contributed by atoms with Gasteiger partial charge in [-0.05, 0) is 30.6 Å². The summed E-state index contributed by atoms with van der Waals surface area (Å²) >= 11 is 0. The molecule has 4 atom stereocenters. The summed E-state index contributed by atoms with van der Waals surface area (Å²) in [5, 5.41) is 10.5. The van der Waals surface area contributed by atoms with Crippen molar-refractivity contribution >= 4 is 0 Å². The number of nitrogens with zero attached hydrogens (tertiary/aromatic N) is 1. The van der Waals surface area contributed by atoms with Crippen molar-refractivity contribution < 1.29 is 4.92 Å². The summed E-state index contributed by atoms with van der Waals surface area (Å²) in [6.07, 6.45) is 3.38. The van der Waals surface area contributed by atoms with Crippen molar-refractivity contribution in [2.24, 2.45) is 23.7 Å². The maximum absolute atomic E-state index is 10.5. The van der Waals surface area contributed by atoms with Gasteiger partial charge in [0, 0.05) is 17.3 Å². The van der Waals surface area contributed by atoms with Crippen molar-refractivity contribution in [3.05, 3.63) is 10.1 Å². The summed E-state index contributed by atoms with van der Waals surface area (Å²) in [5.74, 6) is 2.59. The fourth-order valence-corrected chi connectivity index (χ4v) is 2.81. The van der Waals surface area contributed by atoms with E-state index >= 15 is 0 Å². The van der Waals surface area contributed by atoms with E-state index in [1.165, 1.54) is 12.8 Å². The minimum atomic E-state index is -0.188. The molecular weight excluding hydrogens is 166 g/mol. The van der Waals surface area contributed by atoms with Gasteiger partial charge in [0.05, 0.1) is 0 Å². The Balaban J connectivity index is 1.87. The lowest BCUT2D eigenvalue weighted by atomic mass is 9.66. The Morgan fingerprint density at radius 3 is 2.31 bits per heavy atom. The molecule has 3 nitrogen and oxygen atoms in total. The fraction of sp³-hybridized carbons (Fsp3) is 1.00. The van der Waals surface area contributed by atoms with Crippen LogP contribution in [0.4, 0.5) is 0 Å². The van der Waals surface area contributed by atoms with E-state index in [0.717, 1.165) is 12.3 Å². The van der Waals surface area contributed by atoms with Crippen LogP contribution in [0.5, 0.6) is 0 Å². The third-order valence-corrected chi connectivity index (χ3v) is 3.87. The minimum Gasteiger partial charge on any atom is -0.264 e. The lowest BCUT2D eigenvalue weighted by Crippen LogP contribution is -2.33. The molecule has 13 heavy (non-hydrogen) atoms. The molecule has 3 heteroatoms. The van der Waals surface area contributed by atoms with Crippen LogP contribution in [-0.4, -0.2) is 11.0 Å². The second-order valence-corrected chi connectivity index (χ2v) is 4.90. The van der Waals surface area contributed by atoms with E-state index < -0.39 is 0 Å². The lowest BCUT2D eigenvalue weighted by molar-refractivity contribution is -0.499. The van der Waals surface area contributed by atoms with Crippen LogP contribution < -0.4 is 0 Å². The van der Waals surface area contributed by atoms with E-state index in [9.17, 15) is 10.1 Å². The van der Waals surface area contributed by atoms with Gasteiger partial charge in [0.2, 0.25) is 6.04 Å². The van der Waals surface area contributed by atoms with Crippen LogP contribution in [0.2, 0.25) is 0 Å². The highest BCUT2D eigenvalue weighted by molar-refractivity contribution is 4.99. The third kappa shape index (κ3) is 1.45. The van der Waals surface area contributed by atoms with Crippen LogP contribution in [0.25, 0.3) is 0 Å². The molecule has 0 aliphatic heterocycles. The molecule has 0 aromatic heterocycles. The molecule has 2 saturated carbocycles. The van der Waals surface area contributed by atoms with Gasteiger partial charge in [0.25, 0.3) is 0 Å². The summed E-state index contributed by atoms with van der Waals surface area (Å²) in [6.45, 7) is 4.47. The SMILES string of the molecule is CC(C)C1CCC1C1C[C@H]1[N+](=O)[O-]. The fourth-order valence-electron chi connectivity index (χ4n) is 2.81. The molecule has 0 aromatic rings. The summed E-state index contributed by atoms with van der Waals surface area (Å²) in [6, 6.07) is -0.188. The number of nitro groups is 1. The van der Waals surface area contributed by atoms with Crippen LogP contribution in [0, 0.1) is 33.8 Å². The van der Waals surface area contributed by atoms with Crippen molar-refractivity contribution in [3.8, 4) is 0 Å². The molecule has 0 N–H and O–H groups in total. The van der Waals surface area contributed by atoms with Crippen LogP contribution >= 0.6 is 0 Å². The highest BCUT2D eigenvalue weighted by atomic mass is 16.6. The standard InChI is InChI=1S/C10H17NO2/c1-6(2)7-3-4-8(7)9-5-10(9)11(12)13/h6-10H,3-5H2,1-2H3/t7?,8?,9?,10-/m1/s1. The molecular formula is C10H17NO2. The third-order valence-electron chi connectivity index (χ3n) is 3.87. The van der Waals surface area contributed by atoms with Crippen LogP contribution in [0.1, 0.15) is 33.1 Å². The first-order valence-corrected chi connectivity index (χ1v) is 5.24. The molecule has 0 amide bonds. The largest absolute Gasteiger partial charge is 0.264 e. The second-order valence-electron chi connectivity index (χ2n) is 4.90. The zero-order chi connectivity index (χ0) is 9.59. The molecule has 0 heterocycles. The molecule has 0 spiro atoms. The Morgan fingerprint density at radius 1 is 1.31 bits per heavy atom. The Bertz CT molecular complexity index is 227. The summed E-state index contributed by atoms with van der Waals surface area (Å²) in [7, 11) is 0. The maximum atomic E-state index is 10.5. The minimum absolute atomic E-state index is 0.0830. The van der Waals surface area contributed by atoms with Crippen LogP contribution in [0.15, 0.2) is 0 Å². The van der Waals surface area contributed by atoms with Gasteiger partial charge in [0.1, 0.15) is 0 Å². The van der Waals surface area contributed by atoms with Crippen molar-refractivity contribution in [3.63, 3.8) is 0 Å². The second kappa shape index (κ2) is 2.96. The topological polar surface area (TPSA) is 43.1 Å². The number of hydrogen-bond acceptors (Lipinski definition) is 2. The first kappa shape index (κ1) is 8.97. The first-order valence-electron chi connectivity index (χ1n) is 5.24. The quantitative estimate of drug-likeness (QED) is 0.498. The molecule has 0 radical (unpaired) electrons. The average Bonchev–Trinajstić information content (AvgIpc) is 2.62. The number of hydrogen-bond donors (Lipinski definition) is 0. The first-order chi connectivity index (χ1) is 6.11. The Kier molecular flexibility index (Phi) is 2.05. The molecule has 74 valence electrons. The molecule has 2 aliphatic rings. The van der Waals surface area contributed by atoms with Crippen molar-refractivity contribution in [1.82, 2.24) is 0 Å². The lowest BCUT2D eigenvalue weighted by Gasteiger charge is -2.39. The summed E-state index contributed by atoms with van der Waals surface area (Å²) < 4.78 is 0. The van der Waals surface area contributed by atoms with Crippen molar-refractivity contribution in [1.29, 1.82) is 0 Å². The zero-order valence-electron chi connectivity index (χ0n) is 8.27. The predicted octanol–water partition coefficient (Wildman–Crippen LogP) is 2.33. The van der Waals surface area contributed by atoms with Gasteiger partial charge in [-0.2, -0.15) is 0 Å². The zero-order valence-corrected chi connectivity index (χ0v) is 8.27. The average molecular weight is 183 g/mol. The highest BCUT2D eigenvalue weighted by Gasteiger charge is 2.56. The van der Waals surface area contributed by atoms with Gasteiger partial charge >= 0.3 is 0 Å². The van der Waals surface area contributed by atoms with Gasteiger partial charge < -0.3 is 0 Å². The molecule has 2 rings (SSSR count). The van der Waals surface area contributed by atoms with Gasteiger partial charge in [-0.3, -0.25) is 10.1 Å². The van der Waals surface area contributed by atoms with Crippen LogP contribution in [-0.2, 0) is 0 Å². The molecule has 0 aromatic carbocycles. The summed E-state index contributed by atoms with van der Waals surface area (Å²) in [4.78, 5) is 10.4. The van der Waals surface area contributed by atoms with Crippen molar-refractivity contribution in [2.45, 2.75) is 39.2 Å². The number of rotatable bonds is 3. The molecule has 0 saturated heterocycles. The van der Waals surface area contributed by atoms with Gasteiger partial charge in [-0.25, -0.2) is 0 Å².